The number of anilines is 1. The number of fused-ring (bicyclic) bond motifs is 1. The number of hydrogen-bond donors (Lipinski definition) is 1. The number of aryl methyl sites for hydroxylation is 1. The van der Waals surface area contributed by atoms with E-state index in [0.29, 0.717) is 16.9 Å². The first-order valence-corrected chi connectivity index (χ1v) is 6.01. The molecule has 0 fully saturated rings. The molecule has 1 heterocycles. The van der Waals surface area contributed by atoms with Crippen LogP contribution in [-0.4, -0.2) is 9.55 Å². The van der Waals surface area contributed by atoms with Crippen LogP contribution in [0.15, 0.2) is 53.3 Å². The highest BCUT2D eigenvalue weighted by molar-refractivity contribution is 7.59. The molecule has 0 amide bonds. The van der Waals surface area contributed by atoms with Gasteiger partial charge in [-0.3, -0.25) is 9.36 Å². The quantitative estimate of drug-likeness (QED) is 0.698. The second kappa shape index (κ2) is 5.38. The van der Waals surface area contributed by atoms with E-state index in [1.807, 2.05) is 37.3 Å². The van der Waals surface area contributed by atoms with E-state index in [-0.39, 0.29) is 19.1 Å². The van der Waals surface area contributed by atoms with Crippen molar-refractivity contribution in [3.05, 3.63) is 64.7 Å². The standard InChI is InChI=1S/C15H13N3O.H2S/c1-10-17-14-5-3-2-4-13(14)15(19)18(10)12-8-6-11(16)7-9-12;/h2-9H,16H2,1H3;1H2. The molecule has 0 aliphatic heterocycles. The number of hydrogen-bond acceptors (Lipinski definition) is 3. The second-order valence-electron chi connectivity index (χ2n) is 4.41. The van der Waals surface area contributed by atoms with E-state index in [4.69, 9.17) is 5.73 Å². The molecule has 1 aromatic heterocycles. The number of nitrogen functional groups attached to an aromatic ring is 1. The van der Waals surface area contributed by atoms with E-state index in [1.54, 1.807) is 22.8 Å². The molecule has 0 aliphatic rings. The van der Waals surface area contributed by atoms with Crippen molar-refractivity contribution in [2.45, 2.75) is 6.92 Å². The lowest BCUT2D eigenvalue weighted by molar-refractivity contribution is 0.895. The van der Waals surface area contributed by atoms with E-state index in [9.17, 15) is 4.79 Å². The first-order chi connectivity index (χ1) is 9.16. The summed E-state index contributed by atoms with van der Waals surface area (Å²) in [5, 5.41) is 0.616. The van der Waals surface area contributed by atoms with Crippen molar-refractivity contribution >= 4 is 30.1 Å². The maximum absolute atomic E-state index is 12.5. The average Bonchev–Trinajstić information content (AvgIpc) is 2.41. The van der Waals surface area contributed by atoms with E-state index < -0.39 is 0 Å². The van der Waals surface area contributed by atoms with E-state index in [1.165, 1.54) is 0 Å². The zero-order valence-corrected chi connectivity index (χ0v) is 12.0. The highest BCUT2D eigenvalue weighted by atomic mass is 32.1. The molecule has 5 heteroatoms. The Morgan fingerprint density at radius 3 is 2.40 bits per heavy atom. The Kier molecular flexibility index (Phi) is 3.81. The summed E-state index contributed by atoms with van der Waals surface area (Å²) in [7, 11) is 0. The minimum Gasteiger partial charge on any atom is -0.399 e. The highest BCUT2D eigenvalue weighted by Gasteiger charge is 2.08. The predicted molar refractivity (Wildman–Crippen MR) is 86.9 cm³/mol. The Morgan fingerprint density at radius 2 is 1.70 bits per heavy atom. The summed E-state index contributed by atoms with van der Waals surface area (Å²) >= 11 is 0. The maximum atomic E-state index is 12.5. The summed E-state index contributed by atoms with van der Waals surface area (Å²) in [5.41, 5.74) is 7.77. The normalized spacial score (nSPS) is 10.2. The van der Waals surface area contributed by atoms with Crippen LogP contribution in [0.25, 0.3) is 16.6 Å². The van der Waals surface area contributed by atoms with Gasteiger partial charge in [-0.05, 0) is 43.3 Å². The van der Waals surface area contributed by atoms with Gasteiger partial charge in [0.25, 0.3) is 5.56 Å². The summed E-state index contributed by atoms with van der Waals surface area (Å²) in [6.45, 7) is 1.82. The van der Waals surface area contributed by atoms with Gasteiger partial charge < -0.3 is 5.73 Å². The van der Waals surface area contributed by atoms with Crippen LogP contribution in [0.4, 0.5) is 5.69 Å². The van der Waals surface area contributed by atoms with Crippen LogP contribution in [-0.2, 0) is 0 Å². The molecule has 0 unspecified atom stereocenters. The fourth-order valence-corrected chi connectivity index (χ4v) is 2.17. The molecule has 20 heavy (non-hydrogen) atoms. The number of aromatic nitrogens is 2. The van der Waals surface area contributed by atoms with Crippen molar-refractivity contribution < 1.29 is 0 Å². The summed E-state index contributed by atoms with van der Waals surface area (Å²) in [6.07, 6.45) is 0. The van der Waals surface area contributed by atoms with Crippen molar-refractivity contribution in [2.75, 3.05) is 5.73 Å². The molecule has 3 rings (SSSR count). The molecule has 102 valence electrons. The molecule has 4 nitrogen and oxygen atoms in total. The van der Waals surface area contributed by atoms with Gasteiger partial charge in [0, 0.05) is 5.69 Å². The van der Waals surface area contributed by atoms with Crippen LogP contribution in [0.5, 0.6) is 0 Å². The van der Waals surface area contributed by atoms with Crippen LogP contribution in [0.1, 0.15) is 5.82 Å². The number of para-hydroxylation sites is 1. The number of nitrogens with two attached hydrogens (primary N) is 1. The molecule has 0 saturated carbocycles. The molecule has 0 saturated heterocycles. The predicted octanol–water partition coefficient (Wildman–Crippen LogP) is 2.39. The lowest BCUT2D eigenvalue weighted by atomic mass is 10.2. The first-order valence-electron chi connectivity index (χ1n) is 6.01. The van der Waals surface area contributed by atoms with E-state index in [0.717, 1.165) is 11.2 Å². The summed E-state index contributed by atoms with van der Waals surface area (Å²) < 4.78 is 1.60. The van der Waals surface area contributed by atoms with Gasteiger partial charge in [0.1, 0.15) is 5.82 Å². The SMILES string of the molecule is Cc1nc2ccccc2c(=O)n1-c1ccc(N)cc1.S. The fraction of sp³-hybridized carbons (Fsp3) is 0.0667. The Labute approximate surface area is 123 Å². The monoisotopic (exact) mass is 285 g/mol. The Balaban J connectivity index is 0.00000147. The van der Waals surface area contributed by atoms with Crippen LogP contribution < -0.4 is 11.3 Å². The Morgan fingerprint density at radius 1 is 1.05 bits per heavy atom. The summed E-state index contributed by atoms with van der Waals surface area (Å²) in [6, 6.07) is 14.5. The van der Waals surface area contributed by atoms with Gasteiger partial charge >= 0.3 is 0 Å². The van der Waals surface area contributed by atoms with Gasteiger partial charge in [-0.2, -0.15) is 13.5 Å². The fourth-order valence-electron chi connectivity index (χ4n) is 2.17. The van der Waals surface area contributed by atoms with Crippen LogP contribution in [0, 0.1) is 6.92 Å². The average molecular weight is 285 g/mol. The molecule has 0 spiro atoms. The molecule has 0 aliphatic carbocycles. The van der Waals surface area contributed by atoms with Gasteiger partial charge in [0.05, 0.1) is 16.6 Å². The largest absolute Gasteiger partial charge is 0.399 e. The number of benzene rings is 2. The highest BCUT2D eigenvalue weighted by Crippen LogP contribution is 2.13. The lowest BCUT2D eigenvalue weighted by Gasteiger charge is -2.10. The summed E-state index contributed by atoms with van der Waals surface area (Å²) in [4.78, 5) is 17.0. The Hall–Kier alpha value is -2.27. The zero-order chi connectivity index (χ0) is 13.4. The molecule has 0 atom stereocenters. The summed E-state index contributed by atoms with van der Waals surface area (Å²) in [5.74, 6) is 0.661. The molecule has 3 aromatic rings. The van der Waals surface area contributed by atoms with Gasteiger partial charge in [-0.25, -0.2) is 4.98 Å². The zero-order valence-electron chi connectivity index (χ0n) is 11.0. The molecular weight excluding hydrogens is 270 g/mol. The number of nitrogens with zero attached hydrogens (tertiary/aromatic N) is 2. The van der Waals surface area contributed by atoms with E-state index >= 15 is 0 Å². The van der Waals surface area contributed by atoms with E-state index in [2.05, 4.69) is 4.98 Å². The first kappa shape index (κ1) is 14.1. The van der Waals surface area contributed by atoms with Gasteiger partial charge in [-0.1, -0.05) is 12.1 Å². The maximum Gasteiger partial charge on any atom is 0.265 e. The smallest absolute Gasteiger partial charge is 0.265 e. The third-order valence-corrected chi connectivity index (χ3v) is 3.09. The topological polar surface area (TPSA) is 60.9 Å². The van der Waals surface area contributed by atoms with Crippen molar-refractivity contribution in [3.63, 3.8) is 0 Å². The second-order valence-corrected chi connectivity index (χ2v) is 4.41. The molecule has 2 aromatic carbocycles. The molecule has 0 radical (unpaired) electrons. The van der Waals surface area contributed by atoms with Crippen molar-refractivity contribution in [3.8, 4) is 5.69 Å². The molecule has 2 N–H and O–H groups in total. The van der Waals surface area contributed by atoms with Crippen LogP contribution in [0.2, 0.25) is 0 Å². The third-order valence-electron chi connectivity index (χ3n) is 3.09. The molecular formula is C15H15N3OS. The molecule has 0 bridgehead atoms. The van der Waals surface area contributed by atoms with Crippen molar-refractivity contribution in [2.24, 2.45) is 0 Å². The van der Waals surface area contributed by atoms with Gasteiger partial charge in [-0.15, -0.1) is 0 Å². The third kappa shape index (κ3) is 2.28. The number of rotatable bonds is 1. The van der Waals surface area contributed by atoms with Gasteiger partial charge in [0.15, 0.2) is 0 Å². The van der Waals surface area contributed by atoms with Crippen LogP contribution >= 0.6 is 13.5 Å². The minimum atomic E-state index is -0.0622. The minimum absolute atomic E-state index is 0. The van der Waals surface area contributed by atoms with Gasteiger partial charge in [0.2, 0.25) is 0 Å². The van der Waals surface area contributed by atoms with Crippen molar-refractivity contribution in [1.82, 2.24) is 9.55 Å². The lowest BCUT2D eigenvalue weighted by Crippen LogP contribution is -2.22. The van der Waals surface area contributed by atoms with Crippen molar-refractivity contribution in [1.29, 1.82) is 0 Å². The van der Waals surface area contributed by atoms with Crippen LogP contribution in [0.3, 0.4) is 0 Å². The Bertz CT molecular complexity index is 809.